The standard InChI is InChI=1S/C14H17FN4O/c1-9-7-17-14(18-8-9)11(19-16)6-10-4-3-5-12(20-2)13(10)15/h3-5,7-8,11,19H,6,16H2,1-2H3. The van der Waals surface area contributed by atoms with Crippen LogP contribution in [0.15, 0.2) is 30.6 Å². The van der Waals surface area contributed by atoms with Crippen LogP contribution in [0.25, 0.3) is 0 Å². The summed E-state index contributed by atoms with van der Waals surface area (Å²) in [6, 6.07) is 4.64. The number of aryl methyl sites for hydroxylation is 1. The molecule has 0 spiro atoms. The molecule has 0 amide bonds. The molecule has 6 heteroatoms. The van der Waals surface area contributed by atoms with Crippen molar-refractivity contribution in [3.63, 3.8) is 0 Å². The van der Waals surface area contributed by atoms with Crippen LogP contribution >= 0.6 is 0 Å². The smallest absolute Gasteiger partial charge is 0.168 e. The van der Waals surface area contributed by atoms with Gasteiger partial charge in [-0.25, -0.2) is 19.8 Å². The fourth-order valence-electron chi connectivity index (χ4n) is 1.90. The second-order valence-electron chi connectivity index (χ2n) is 4.48. The van der Waals surface area contributed by atoms with Gasteiger partial charge in [-0.3, -0.25) is 5.84 Å². The fraction of sp³-hybridized carbons (Fsp3) is 0.286. The molecule has 0 saturated carbocycles. The molecule has 0 aliphatic carbocycles. The Hall–Kier alpha value is -2.05. The average molecular weight is 276 g/mol. The lowest BCUT2D eigenvalue weighted by molar-refractivity contribution is 0.382. The Balaban J connectivity index is 2.24. The summed E-state index contributed by atoms with van der Waals surface area (Å²) in [5.41, 5.74) is 4.07. The Morgan fingerprint density at radius 2 is 2.05 bits per heavy atom. The number of nitrogens with one attached hydrogen (secondary N) is 1. The number of hydrazine groups is 1. The summed E-state index contributed by atoms with van der Waals surface area (Å²) in [4.78, 5) is 8.42. The van der Waals surface area contributed by atoms with Gasteiger partial charge in [0, 0.05) is 12.4 Å². The number of hydrogen-bond acceptors (Lipinski definition) is 5. The van der Waals surface area contributed by atoms with Crippen LogP contribution in [0, 0.1) is 12.7 Å². The summed E-state index contributed by atoms with van der Waals surface area (Å²) in [5.74, 6) is 5.88. The predicted molar refractivity (Wildman–Crippen MR) is 73.5 cm³/mol. The van der Waals surface area contributed by atoms with Crippen LogP contribution < -0.4 is 16.0 Å². The van der Waals surface area contributed by atoms with E-state index in [0.717, 1.165) is 5.56 Å². The van der Waals surface area contributed by atoms with E-state index in [2.05, 4.69) is 15.4 Å². The molecule has 3 N–H and O–H groups in total. The number of nitrogens with two attached hydrogens (primary N) is 1. The molecule has 5 nitrogen and oxygen atoms in total. The van der Waals surface area contributed by atoms with Crippen molar-refractivity contribution in [2.24, 2.45) is 5.84 Å². The van der Waals surface area contributed by atoms with Crippen LogP contribution in [-0.4, -0.2) is 17.1 Å². The minimum Gasteiger partial charge on any atom is -0.494 e. The van der Waals surface area contributed by atoms with E-state index in [0.29, 0.717) is 17.8 Å². The Labute approximate surface area is 117 Å². The molecular weight excluding hydrogens is 259 g/mol. The van der Waals surface area contributed by atoms with Gasteiger partial charge < -0.3 is 4.74 Å². The Kier molecular flexibility index (Phi) is 4.60. The highest BCUT2D eigenvalue weighted by atomic mass is 19.1. The number of aromatic nitrogens is 2. The molecule has 1 heterocycles. The Morgan fingerprint density at radius 1 is 1.35 bits per heavy atom. The van der Waals surface area contributed by atoms with E-state index in [4.69, 9.17) is 10.6 Å². The minimum absolute atomic E-state index is 0.211. The molecule has 106 valence electrons. The SMILES string of the molecule is COc1cccc(CC(NN)c2ncc(C)cn2)c1F. The Bertz CT molecular complexity index is 574. The van der Waals surface area contributed by atoms with Crippen molar-refractivity contribution in [3.8, 4) is 5.75 Å². The number of rotatable bonds is 5. The van der Waals surface area contributed by atoms with Crippen LogP contribution in [0.1, 0.15) is 23.0 Å². The van der Waals surface area contributed by atoms with E-state index in [-0.39, 0.29) is 17.6 Å². The maximum Gasteiger partial charge on any atom is 0.168 e. The second kappa shape index (κ2) is 6.40. The summed E-state index contributed by atoms with van der Waals surface area (Å²) in [5, 5.41) is 0. The molecule has 20 heavy (non-hydrogen) atoms. The van der Waals surface area contributed by atoms with Gasteiger partial charge in [0.15, 0.2) is 11.6 Å². The Morgan fingerprint density at radius 3 is 2.65 bits per heavy atom. The van der Waals surface area contributed by atoms with Crippen LogP contribution in [-0.2, 0) is 6.42 Å². The first-order chi connectivity index (χ1) is 9.65. The van der Waals surface area contributed by atoms with Gasteiger partial charge in [-0.2, -0.15) is 0 Å². The zero-order chi connectivity index (χ0) is 14.5. The van der Waals surface area contributed by atoms with Gasteiger partial charge in [0.1, 0.15) is 5.82 Å². The molecule has 1 aromatic heterocycles. The third-order valence-electron chi connectivity index (χ3n) is 3.00. The number of nitrogens with zero attached hydrogens (tertiary/aromatic N) is 2. The van der Waals surface area contributed by atoms with E-state index < -0.39 is 0 Å². The molecule has 0 bridgehead atoms. The van der Waals surface area contributed by atoms with Gasteiger partial charge in [-0.05, 0) is 30.5 Å². The highest BCUT2D eigenvalue weighted by Crippen LogP contribution is 2.23. The van der Waals surface area contributed by atoms with E-state index in [1.54, 1.807) is 30.6 Å². The first kappa shape index (κ1) is 14.4. The zero-order valence-corrected chi connectivity index (χ0v) is 11.4. The molecule has 0 fully saturated rings. The maximum atomic E-state index is 14.1. The van der Waals surface area contributed by atoms with Crippen molar-refractivity contribution < 1.29 is 9.13 Å². The van der Waals surface area contributed by atoms with Gasteiger partial charge in [-0.1, -0.05) is 12.1 Å². The summed E-state index contributed by atoms with van der Waals surface area (Å²) in [6.07, 6.45) is 3.74. The molecule has 2 aromatic rings. The fourth-order valence-corrected chi connectivity index (χ4v) is 1.90. The van der Waals surface area contributed by atoms with E-state index >= 15 is 0 Å². The van der Waals surface area contributed by atoms with Gasteiger partial charge >= 0.3 is 0 Å². The highest BCUT2D eigenvalue weighted by Gasteiger charge is 2.17. The minimum atomic E-state index is -0.387. The first-order valence-electron chi connectivity index (χ1n) is 6.21. The maximum absolute atomic E-state index is 14.1. The van der Waals surface area contributed by atoms with Gasteiger partial charge in [-0.15, -0.1) is 0 Å². The number of ether oxygens (including phenoxy) is 1. The summed E-state index contributed by atoms with van der Waals surface area (Å²) in [7, 11) is 1.43. The van der Waals surface area contributed by atoms with E-state index in [9.17, 15) is 4.39 Å². The molecule has 0 aliphatic rings. The quantitative estimate of drug-likeness (QED) is 0.642. The van der Waals surface area contributed by atoms with Gasteiger partial charge in [0.2, 0.25) is 0 Å². The lowest BCUT2D eigenvalue weighted by atomic mass is 10.0. The number of hydrogen-bond donors (Lipinski definition) is 2. The highest BCUT2D eigenvalue weighted by molar-refractivity contribution is 5.32. The second-order valence-corrected chi connectivity index (χ2v) is 4.48. The molecular formula is C14H17FN4O. The molecule has 1 aromatic carbocycles. The van der Waals surface area contributed by atoms with E-state index in [1.807, 2.05) is 6.92 Å². The molecule has 1 unspecified atom stereocenters. The van der Waals surface area contributed by atoms with Crippen LogP contribution in [0.3, 0.4) is 0 Å². The normalized spacial score (nSPS) is 12.2. The lowest BCUT2D eigenvalue weighted by Gasteiger charge is -2.15. The number of benzene rings is 1. The monoisotopic (exact) mass is 276 g/mol. The lowest BCUT2D eigenvalue weighted by Crippen LogP contribution is -2.31. The molecule has 0 aliphatic heterocycles. The van der Waals surface area contributed by atoms with E-state index in [1.165, 1.54) is 7.11 Å². The van der Waals surface area contributed by atoms with Gasteiger partial charge in [0.25, 0.3) is 0 Å². The van der Waals surface area contributed by atoms with Crippen LogP contribution in [0.5, 0.6) is 5.75 Å². The van der Waals surface area contributed by atoms with Crippen molar-refractivity contribution in [1.82, 2.24) is 15.4 Å². The van der Waals surface area contributed by atoms with Gasteiger partial charge in [0.05, 0.1) is 13.2 Å². The molecule has 0 saturated heterocycles. The first-order valence-corrected chi connectivity index (χ1v) is 6.21. The van der Waals surface area contributed by atoms with Crippen molar-refractivity contribution in [3.05, 3.63) is 53.4 Å². The zero-order valence-electron chi connectivity index (χ0n) is 11.4. The average Bonchev–Trinajstić information content (AvgIpc) is 2.47. The predicted octanol–water partition coefficient (Wildman–Crippen LogP) is 1.68. The van der Waals surface area contributed by atoms with Crippen molar-refractivity contribution in [2.45, 2.75) is 19.4 Å². The number of methoxy groups -OCH3 is 1. The molecule has 2 rings (SSSR count). The number of halogens is 1. The largest absolute Gasteiger partial charge is 0.494 e. The van der Waals surface area contributed by atoms with Crippen molar-refractivity contribution >= 4 is 0 Å². The van der Waals surface area contributed by atoms with Crippen molar-refractivity contribution in [2.75, 3.05) is 7.11 Å². The van der Waals surface area contributed by atoms with Crippen molar-refractivity contribution in [1.29, 1.82) is 0 Å². The topological polar surface area (TPSA) is 73.1 Å². The summed E-state index contributed by atoms with van der Waals surface area (Å²) < 4.78 is 19.1. The van der Waals surface area contributed by atoms with Crippen LogP contribution in [0.2, 0.25) is 0 Å². The summed E-state index contributed by atoms with van der Waals surface area (Å²) in [6.45, 7) is 1.90. The third-order valence-corrected chi connectivity index (χ3v) is 3.00. The molecule has 1 atom stereocenters. The van der Waals surface area contributed by atoms with Crippen LogP contribution in [0.4, 0.5) is 4.39 Å². The molecule has 0 radical (unpaired) electrons. The third kappa shape index (κ3) is 3.09. The summed E-state index contributed by atoms with van der Waals surface area (Å²) >= 11 is 0.